The Morgan fingerprint density at radius 3 is 1.42 bits per heavy atom. The molecule has 0 bridgehead atoms. The van der Waals surface area contributed by atoms with Crippen molar-refractivity contribution in [1.29, 1.82) is 0 Å². The van der Waals surface area contributed by atoms with Crippen LogP contribution in [0.2, 0.25) is 0 Å². The lowest BCUT2D eigenvalue weighted by Crippen LogP contribution is -2.64. The average Bonchev–Trinajstić information content (AvgIpc) is 2.36. The van der Waals surface area contributed by atoms with Crippen LogP contribution in [-0.2, 0) is 9.53 Å². The first kappa shape index (κ1) is 22.7. The second kappa shape index (κ2) is 6.52. The van der Waals surface area contributed by atoms with Crippen LogP contribution in [0.3, 0.4) is 0 Å². The fourth-order valence-electron chi connectivity index (χ4n) is 1.34. The van der Waals surface area contributed by atoms with Crippen molar-refractivity contribution in [2.45, 2.75) is 44.1 Å². The van der Waals surface area contributed by atoms with Crippen LogP contribution in [0, 0.1) is 0 Å². The molecule has 24 heavy (non-hydrogen) atoms. The Labute approximate surface area is 127 Å². The van der Waals surface area contributed by atoms with E-state index < -0.39 is 49.2 Å². The summed E-state index contributed by atoms with van der Waals surface area (Å²) in [6.45, 7) is 0.560. The highest BCUT2D eigenvalue weighted by Gasteiger charge is 2.79. The van der Waals surface area contributed by atoms with Gasteiger partial charge in [-0.3, -0.25) is 9.53 Å². The van der Waals surface area contributed by atoms with Crippen molar-refractivity contribution in [3.05, 3.63) is 0 Å². The first-order valence-electron chi connectivity index (χ1n) is 5.96. The van der Waals surface area contributed by atoms with Gasteiger partial charge in [-0.15, -0.1) is 0 Å². The zero-order valence-corrected chi connectivity index (χ0v) is 11.8. The third-order valence-electron chi connectivity index (χ3n) is 2.68. The number of halogens is 11. The Balaban J connectivity index is 6.05. The summed E-state index contributed by atoms with van der Waals surface area (Å²) in [5.41, 5.74) is 0. The molecule has 0 aromatic carbocycles. The third kappa shape index (κ3) is 3.83. The number of hydrogen-bond acceptors (Lipinski definition) is 2. The molecule has 0 aliphatic heterocycles. The highest BCUT2D eigenvalue weighted by molar-refractivity contribution is 5.84. The van der Waals surface area contributed by atoms with Crippen molar-refractivity contribution in [2.75, 3.05) is 13.1 Å². The van der Waals surface area contributed by atoms with E-state index in [1.807, 2.05) is 0 Å². The summed E-state index contributed by atoms with van der Waals surface area (Å²) in [7, 11) is 0. The summed E-state index contributed by atoms with van der Waals surface area (Å²) >= 11 is 0. The summed E-state index contributed by atoms with van der Waals surface area (Å²) in [5, 5.41) is 0. The van der Waals surface area contributed by atoms with Gasteiger partial charge < -0.3 is 4.90 Å². The number of alkyl halides is 11. The standard InChI is InChI=1S/C10H10F11NO2/c1-3-22(4-2)5(23)6(11,8(14,15)16)24-10(20,21)7(12,13)9(17,18)19/h3-4H2,1-2H3/t6-/m0/s1. The smallest absolute Gasteiger partial charge is 0.338 e. The molecule has 3 nitrogen and oxygen atoms in total. The normalized spacial score (nSPS) is 16.7. The van der Waals surface area contributed by atoms with Gasteiger partial charge in [0.1, 0.15) is 0 Å². The topological polar surface area (TPSA) is 29.5 Å². The van der Waals surface area contributed by atoms with Crippen LogP contribution in [0.4, 0.5) is 48.3 Å². The minimum atomic E-state index is -7.19. The minimum absolute atomic E-state index is 0.0741. The molecule has 0 spiro atoms. The van der Waals surface area contributed by atoms with Gasteiger partial charge in [0.15, 0.2) is 0 Å². The SMILES string of the molecule is CCN(CC)C(=O)[C@](F)(OC(F)(F)C(F)(F)C(F)(F)F)C(F)(F)F. The van der Waals surface area contributed by atoms with Gasteiger partial charge in [-0.1, -0.05) is 0 Å². The second-order valence-electron chi connectivity index (χ2n) is 4.26. The number of rotatable bonds is 6. The fourth-order valence-corrected chi connectivity index (χ4v) is 1.34. The molecule has 1 atom stereocenters. The Kier molecular flexibility index (Phi) is 6.15. The Morgan fingerprint density at radius 1 is 0.792 bits per heavy atom. The number of ether oxygens (including phenoxy) is 1. The van der Waals surface area contributed by atoms with E-state index in [4.69, 9.17) is 0 Å². The van der Waals surface area contributed by atoms with E-state index in [0.29, 0.717) is 0 Å². The molecule has 0 rings (SSSR count). The molecule has 0 unspecified atom stereocenters. The van der Waals surface area contributed by atoms with Crippen LogP contribution >= 0.6 is 0 Å². The monoisotopic (exact) mass is 385 g/mol. The molecule has 0 radical (unpaired) electrons. The lowest BCUT2D eigenvalue weighted by molar-refractivity contribution is -0.473. The number of amides is 1. The Hall–Kier alpha value is -1.34. The quantitative estimate of drug-likeness (QED) is 0.650. The largest absolute Gasteiger partial charge is 0.462 e. The van der Waals surface area contributed by atoms with Gasteiger partial charge in [0.2, 0.25) is 0 Å². The molecule has 0 saturated heterocycles. The van der Waals surface area contributed by atoms with Gasteiger partial charge in [0, 0.05) is 13.1 Å². The van der Waals surface area contributed by atoms with E-state index in [-0.39, 0.29) is 4.90 Å². The highest BCUT2D eigenvalue weighted by atomic mass is 19.4. The minimum Gasteiger partial charge on any atom is -0.338 e. The van der Waals surface area contributed by atoms with Crippen LogP contribution in [0.15, 0.2) is 0 Å². The number of carbonyl (C=O) groups excluding carboxylic acids is 1. The van der Waals surface area contributed by atoms with Crippen LogP contribution < -0.4 is 0 Å². The van der Waals surface area contributed by atoms with Gasteiger partial charge in [0.25, 0.3) is 5.91 Å². The molecular formula is C10H10F11NO2. The predicted molar refractivity (Wildman–Crippen MR) is 54.9 cm³/mol. The number of hydrogen-bond donors (Lipinski definition) is 0. The maximum Gasteiger partial charge on any atom is 0.462 e. The van der Waals surface area contributed by atoms with Gasteiger partial charge in [-0.05, 0) is 13.8 Å². The zero-order chi connectivity index (χ0) is 19.8. The van der Waals surface area contributed by atoms with E-state index in [1.54, 1.807) is 0 Å². The highest BCUT2D eigenvalue weighted by Crippen LogP contribution is 2.51. The Morgan fingerprint density at radius 2 is 1.17 bits per heavy atom. The molecule has 14 heteroatoms. The van der Waals surface area contributed by atoms with E-state index in [2.05, 4.69) is 4.74 Å². The molecule has 0 aromatic rings. The average molecular weight is 385 g/mol. The first-order chi connectivity index (χ1) is 10.4. The fraction of sp³-hybridized carbons (Fsp3) is 0.900. The Bertz CT molecular complexity index is 455. The van der Waals surface area contributed by atoms with Crippen molar-refractivity contribution >= 4 is 5.91 Å². The molecule has 144 valence electrons. The maximum absolute atomic E-state index is 13.8. The molecule has 0 fully saturated rings. The summed E-state index contributed by atoms with van der Waals surface area (Å²) in [6.07, 6.45) is -20.7. The van der Waals surface area contributed by atoms with Crippen LogP contribution in [0.5, 0.6) is 0 Å². The zero-order valence-electron chi connectivity index (χ0n) is 11.8. The lowest BCUT2D eigenvalue weighted by Gasteiger charge is -2.36. The lowest BCUT2D eigenvalue weighted by atomic mass is 10.2. The molecule has 0 saturated carbocycles. The maximum atomic E-state index is 13.8. The summed E-state index contributed by atoms with van der Waals surface area (Å²) in [5.74, 6) is -16.2. The van der Waals surface area contributed by atoms with Gasteiger partial charge in [-0.2, -0.15) is 48.3 Å². The summed E-state index contributed by atoms with van der Waals surface area (Å²) < 4.78 is 140. The second-order valence-corrected chi connectivity index (χ2v) is 4.26. The van der Waals surface area contributed by atoms with E-state index in [0.717, 1.165) is 13.8 Å². The molecule has 1 amide bonds. The van der Waals surface area contributed by atoms with Gasteiger partial charge in [-0.25, -0.2) is 0 Å². The van der Waals surface area contributed by atoms with E-state index in [9.17, 15) is 53.1 Å². The number of carbonyl (C=O) groups is 1. The van der Waals surface area contributed by atoms with Crippen molar-refractivity contribution in [3.8, 4) is 0 Å². The van der Waals surface area contributed by atoms with Crippen LogP contribution in [0.1, 0.15) is 13.8 Å². The predicted octanol–water partition coefficient (Wildman–Crippen LogP) is 3.89. The first-order valence-corrected chi connectivity index (χ1v) is 5.96. The van der Waals surface area contributed by atoms with Crippen LogP contribution in [-0.4, -0.2) is 54.1 Å². The molecule has 0 aromatic heterocycles. The van der Waals surface area contributed by atoms with Gasteiger partial charge in [0.05, 0.1) is 0 Å². The molecule has 0 N–H and O–H groups in total. The molecule has 0 aliphatic rings. The van der Waals surface area contributed by atoms with Crippen molar-refractivity contribution in [2.24, 2.45) is 0 Å². The summed E-state index contributed by atoms with van der Waals surface area (Å²) in [4.78, 5) is 11.3. The van der Waals surface area contributed by atoms with Crippen molar-refractivity contribution < 1.29 is 57.8 Å². The number of nitrogens with zero attached hydrogens (tertiary/aromatic N) is 1. The van der Waals surface area contributed by atoms with Gasteiger partial charge >= 0.3 is 30.2 Å². The number of likely N-dealkylation sites (N-methyl/N-ethyl adjacent to an activating group) is 1. The van der Waals surface area contributed by atoms with Crippen molar-refractivity contribution in [1.82, 2.24) is 4.90 Å². The summed E-state index contributed by atoms with van der Waals surface area (Å²) in [6, 6.07) is 0. The van der Waals surface area contributed by atoms with Crippen LogP contribution in [0.25, 0.3) is 0 Å². The van der Waals surface area contributed by atoms with E-state index >= 15 is 0 Å². The molecule has 0 heterocycles. The van der Waals surface area contributed by atoms with Crippen molar-refractivity contribution in [3.63, 3.8) is 0 Å². The third-order valence-corrected chi connectivity index (χ3v) is 2.68. The molecule has 0 aliphatic carbocycles. The van der Waals surface area contributed by atoms with E-state index in [1.165, 1.54) is 0 Å². The molecular weight excluding hydrogens is 375 g/mol.